The minimum absolute atomic E-state index is 0.0910. The van der Waals surface area contributed by atoms with E-state index in [2.05, 4.69) is 5.32 Å². The summed E-state index contributed by atoms with van der Waals surface area (Å²) in [6.07, 6.45) is -9.36. The van der Waals surface area contributed by atoms with Gasteiger partial charge in [-0.2, -0.15) is 26.3 Å². The second-order valence-electron chi connectivity index (χ2n) is 5.63. The van der Waals surface area contributed by atoms with Crippen molar-refractivity contribution in [3.8, 4) is 0 Å². The molecule has 0 heterocycles. The van der Waals surface area contributed by atoms with E-state index in [-0.39, 0.29) is 11.3 Å². The molecule has 0 unspecified atom stereocenters. The topological polar surface area (TPSA) is 99.3 Å². The van der Waals surface area contributed by atoms with E-state index < -0.39 is 61.2 Å². The molecule has 0 aliphatic heterocycles. The zero-order valence-corrected chi connectivity index (χ0v) is 14.6. The van der Waals surface area contributed by atoms with Crippen molar-refractivity contribution in [3.05, 3.63) is 29.1 Å². The van der Waals surface area contributed by atoms with Gasteiger partial charge in [0.25, 0.3) is 5.91 Å². The van der Waals surface area contributed by atoms with E-state index in [0.29, 0.717) is 6.07 Å². The van der Waals surface area contributed by atoms with Gasteiger partial charge < -0.3 is 16.0 Å². The number of rotatable bonds is 6. The van der Waals surface area contributed by atoms with Gasteiger partial charge in [0.15, 0.2) is 0 Å². The molecule has 0 saturated carbocycles. The number of hydrogen-bond acceptors (Lipinski definition) is 4. The van der Waals surface area contributed by atoms with E-state index in [1.54, 1.807) is 10.6 Å². The molecule has 0 aliphatic rings. The number of carbonyl (C=O) groups is 3. The average molecular weight is 432 g/mol. The molecular weight excluding hydrogens is 417 g/mol. The van der Waals surface area contributed by atoms with Crippen molar-refractivity contribution in [2.24, 2.45) is 0 Å². The van der Waals surface area contributed by atoms with Crippen LogP contribution in [0.3, 0.4) is 0 Å². The maximum Gasteiger partial charge on any atom is 0.405 e. The third-order valence-electron chi connectivity index (χ3n) is 3.20. The van der Waals surface area contributed by atoms with Crippen molar-refractivity contribution in [2.75, 3.05) is 25.0 Å². The molecule has 0 atom stereocenters. The first-order chi connectivity index (χ1) is 13.2. The predicted octanol–water partition coefficient (Wildman–Crippen LogP) is 2.23. The van der Waals surface area contributed by atoms with Crippen LogP contribution in [0.2, 0.25) is 0 Å². The van der Waals surface area contributed by atoms with Crippen molar-refractivity contribution in [1.82, 2.24) is 16.0 Å². The predicted molar refractivity (Wildman–Crippen MR) is 85.6 cm³/mol. The third kappa shape index (κ3) is 9.12. The average Bonchev–Trinajstić information content (AvgIpc) is 2.57. The first kappa shape index (κ1) is 24.0. The van der Waals surface area contributed by atoms with E-state index in [4.69, 9.17) is 0 Å². The quantitative estimate of drug-likeness (QED) is 0.518. The number of urea groups is 1. The molecule has 0 radical (unpaired) electrons. The van der Waals surface area contributed by atoms with E-state index >= 15 is 0 Å². The first-order valence-electron chi connectivity index (χ1n) is 7.71. The van der Waals surface area contributed by atoms with Gasteiger partial charge in [0.1, 0.15) is 18.9 Å². The van der Waals surface area contributed by atoms with Crippen molar-refractivity contribution >= 4 is 23.5 Å². The Morgan fingerprint density at radius 1 is 0.931 bits per heavy atom. The minimum Gasteiger partial charge on any atom is -0.376 e. The largest absolute Gasteiger partial charge is 0.405 e. The summed E-state index contributed by atoms with van der Waals surface area (Å²) in [7, 11) is 0. The number of amides is 4. The van der Waals surface area contributed by atoms with Gasteiger partial charge in [0, 0.05) is 16.8 Å². The van der Waals surface area contributed by atoms with Crippen molar-refractivity contribution in [2.45, 2.75) is 19.3 Å². The molecule has 1 aromatic rings. The molecular formula is C15H15F7N4O3. The second kappa shape index (κ2) is 9.43. The van der Waals surface area contributed by atoms with Crippen LogP contribution >= 0.6 is 0 Å². The van der Waals surface area contributed by atoms with Crippen LogP contribution in [0.4, 0.5) is 41.2 Å². The summed E-state index contributed by atoms with van der Waals surface area (Å²) in [6, 6.07) is 0.246. The molecule has 0 aromatic heterocycles. The number of hydrogen-bond donors (Lipinski definition) is 4. The lowest BCUT2D eigenvalue weighted by Gasteiger charge is -2.14. The number of halogens is 7. The molecule has 0 bridgehead atoms. The Morgan fingerprint density at radius 3 is 2.03 bits per heavy atom. The van der Waals surface area contributed by atoms with Crippen LogP contribution in [-0.2, 0) is 4.79 Å². The Bertz CT molecular complexity index is 778. The van der Waals surface area contributed by atoms with Crippen LogP contribution in [0, 0.1) is 12.7 Å². The smallest absolute Gasteiger partial charge is 0.376 e. The lowest BCUT2D eigenvalue weighted by molar-refractivity contribution is -0.124. The maximum atomic E-state index is 13.9. The number of anilines is 1. The van der Waals surface area contributed by atoms with Gasteiger partial charge >= 0.3 is 18.4 Å². The van der Waals surface area contributed by atoms with E-state index in [1.165, 1.54) is 12.2 Å². The second-order valence-corrected chi connectivity index (χ2v) is 5.63. The standard InChI is InChI=1S/C15H15F7N4O3/c1-7-9(16)2-8(12(28)24-5-14(17,18)19)3-10(7)23-4-11(27)26-13(29)25-6-15(20,21)22/h2-3,23H,4-6H2,1H3,(H,24,28)(H2,25,26,27,29). The lowest BCUT2D eigenvalue weighted by Crippen LogP contribution is -2.45. The minimum atomic E-state index is -4.68. The number of alkyl halides is 6. The molecule has 0 saturated heterocycles. The summed E-state index contributed by atoms with van der Waals surface area (Å²) >= 11 is 0. The van der Waals surface area contributed by atoms with Crippen LogP contribution in [-0.4, -0.2) is 49.8 Å². The molecule has 0 aliphatic carbocycles. The zero-order chi connectivity index (χ0) is 22.4. The van der Waals surface area contributed by atoms with Crippen LogP contribution in [0.15, 0.2) is 12.1 Å². The highest BCUT2D eigenvalue weighted by molar-refractivity contribution is 5.97. The Morgan fingerprint density at radius 2 is 1.48 bits per heavy atom. The van der Waals surface area contributed by atoms with Crippen LogP contribution < -0.4 is 21.3 Å². The Balaban J connectivity index is 2.71. The summed E-state index contributed by atoms with van der Waals surface area (Å²) in [5.41, 5.74) is -0.706. The van der Waals surface area contributed by atoms with Crippen molar-refractivity contribution in [1.29, 1.82) is 0 Å². The van der Waals surface area contributed by atoms with Gasteiger partial charge in [0.05, 0.1) is 6.54 Å². The fourth-order valence-corrected chi connectivity index (χ4v) is 1.85. The summed E-state index contributed by atoms with van der Waals surface area (Å²) in [6.45, 7) is -2.77. The van der Waals surface area contributed by atoms with Gasteiger partial charge in [-0.1, -0.05) is 0 Å². The van der Waals surface area contributed by atoms with Gasteiger partial charge in [-0.3, -0.25) is 14.9 Å². The van der Waals surface area contributed by atoms with Gasteiger partial charge in [-0.25, -0.2) is 9.18 Å². The molecule has 0 fully saturated rings. The van der Waals surface area contributed by atoms with Gasteiger partial charge in [0.2, 0.25) is 5.91 Å². The van der Waals surface area contributed by atoms with E-state index in [1.807, 2.05) is 0 Å². The SMILES string of the molecule is Cc1c(F)cc(C(=O)NCC(F)(F)F)cc1NCC(=O)NC(=O)NCC(F)(F)F. The van der Waals surface area contributed by atoms with Crippen LogP contribution in [0.1, 0.15) is 15.9 Å². The molecule has 1 aromatic carbocycles. The summed E-state index contributed by atoms with van der Waals surface area (Å²) in [5, 5.41) is 6.87. The van der Waals surface area contributed by atoms with Gasteiger partial charge in [-0.05, 0) is 19.1 Å². The molecule has 7 nitrogen and oxygen atoms in total. The number of benzene rings is 1. The summed E-state index contributed by atoms with van der Waals surface area (Å²) in [5.74, 6) is -3.27. The maximum absolute atomic E-state index is 13.9. The highest BCUT2D eigenvalue weighted by Crippen LogP contribution is 2.21. The summed E-state index contributed by atoms with van der Waals surface area (Å²) < 4.78 is 86.2. The number of carbonyl (C=O) groups excluding carboxylic acids is 3. The monoisotopic (exact) mass is 432 g/mol. The summed E-state index contributed by atoms with van der Waals surface area (Å²) in [4.78, 5) is 34.4. The van der Waals surface area contributed by atoms with E-state index in [0.717, 1.165) is 6.07 Å². The number of nitrogens with one attached hydrogen (secondary N) is 4. The van der Waals surface area contributed by atoms with Crippen LogP contribution in [0.25, 0.3) is 0 Å². The Labute approximate surface area is 159 Å². The van der Waals surface area contributed by atoms with Gasteiger partial charge in [-0.15, -0.1) is 0 Å². The Kier molecular flexibility index (Phi) is 7.79. The zero-order valence-electron chi connectivity index (χ0n) is 14.6. The fraction of sp³-hybridized carbons (Fsp3) is 0.400. The normalized spacial score (nSPS) is 11.6. The molecule has 14 heteroatoms. The molecule has 1 rings (SSSR count). The molecule has 4 amide bonds. The molecule has 29 heavy (non-hydrogen) atoms. The fourth-order valence-electron chi connectivity index (χ4n) is 1.85. The van der Waals surface area contributed by atoms with Crippen molar-refractivity contribution < 1.29 is 45.1 Å². The highest BCUT2D eigenvalue weighted by atomic mass is 19.4. The molecule has 4 N–H and O–H groups in total. The number of imide groups is 1. The third-order valence-corrected chi connectivity index (χ3v) is 3.20. The Hall–Kier alpha value is -3.06. The molecule has 0 spiro atoms. The highest BCUT2D eigenvalue weighted by Gasteiger charge is 2.29. The van der Waals surface area contributed by atoms with Crippen molar-refractivity contribution in [3.63, 3.8) is 0 Å². The first-order valence-corrected chi connectivity index (χ1v) is 7.71. The lowest BCUT2D eigenvalue weighted by atomic mass is 10.1. The molecule has 162 valence electrons. The van der Waals surface area contributed by atoms with E-state index in [9.17, 15) is 45.1 Å². The van der Waals surface area contributed by atoms with Crippen LogP contribution in [0.5, 0.6) is 0 Å².